The van der Waals surface area contributed by atoms with Crippen molar-refractivity contribution in [2.24, 2.45) is 4.99 Å². The quantitative estimate of drug-likeness (QED) is 0.469. The Bertz CT molecular complexity index is 890. The monoisotopic (exact) mass is 409 g/mol. The van der Waals surface area contributed by atoms with E-state index in [1.165, 1.54) is 9.60 Å². The standard InChI is InChI=1S/C16H13N3S4.H2S/c17-11-3-1-2-4-13(11)23-22-10-5-6-12-14(9-10)21-16(19-12)15-18-7-8-20-15;/h1-6,9H,7-8,17H2;1H2. The molecule has 1 aliphatic rings. The molecule has 0 radical (unpaired) electrons. The number of rotatable bonds is 4. The lowest BCUT2D eigenvalue weighted by Crippen LogP contribution is -1.88. The summed E-state index contributed by atoms with van der Waals surface area (Å²) in [7, 11) is 3.41. The van der Waals surface area contributed by atoms with Crippen LogP contribution in [-0.2, 0) is 0 Å². The SMILES string of the molecule is Nc1ccccc1SSc1ccc2nc(C3=NCCS3)sc2c1.S. The summed E-state index contributed by atoms with van der Waals surface area (Å²) in [6.07, 6.45) is 0. The number of para-hydroxylation sites is 1. The Morgan fingerprint density at radius 1 is 1.08 bits per heavy atom. The van der Waals surface area contributed by atoms with Gasteiger partial charge in [0.15, 0.2) is 0 Å². The van der Waals surface area contributed by atoms with Crippen molar-refractivity contribution in [1.29, 1.82) is 0 Å². The number of aliphatic imine (C=N–C) groups is 1. The number of nitrogens with zero attached hydrogens (tertiary/aromatic N) is 2. The second kappa shape index (κ2) is 8.05. The average molecular weight is 410 g/mol. The molecule has 1 aliphatic heterocycles. The number of anilines is 1. The van der Waals surface area contributed by atoms with Crippen molar-refractivity contribution in [2.45, 2.75) is 9.79 Å². The number of thioether (sulfide) groups is 1. The molecule has 8 heteroatoms. The van der Waals surface area contributed by atoms with E-state index in [1.807, 2.05) is 24.3 Å². The topological polar surface area (TPSA) is 51.3 Å². The molecular formula is C16H15N3S5. The lowest BCUT2D eigenvalue weighted by atomic mass is 10.3. The van der Waals surface area contributed by atoms with Gasteiger partial charge in [-0.15, -0.1) is 23.1 Å². The first-order valence-corrected chi connectivity index (χ1v) is 11.0. The fourth-order valence-electron chi connectivity index (χ4n) is 2.16. The molecule has 2 N–H and O–H groups in total. The summed E-state index contributed by atoms with van der Waals surface area (Å²) in [6, 6.07) is 14.4. The van der Waals surface area contributed by atoms with Gasteiger partial charge in [0.1, 0.15) is 10.1 Å². The summed E-state index contributed by atoms with van der Waals surface area (Å²) in [5.41, 5.74) is 7.86. The number of fused-ring (bicyclic) bond motifs is 1. The highest BCUT2D eigenvalue weighted by molar-refractivity contribution is 8.76. The minimum absolute atomic E-state index is 0. The van der Waals surface area contributed by atoms with Crippen LogP contribution in [0.1, 0.15) is 5.01 Å². The van der Waals surface area contributed by atoms with Crippen LogP contribution in [0.25, 0.3) is 10.2 Å². The third kappa shape index (κ3) is 3.88. The molecule has 0 aliphatic carbocycles. The van der Waals surface area contributed by atoms with Crippen molar-refractivity contribution in [3.8, 4) is 0 Å². The molecular weight excluding hydrogens is 395 g/mol. The number of nitrogens with two attached hydrogens (primary N) is 1. The van der Waals surface area contributed by atoms with Gasteiger partial charge in [0, 0.05) is 27.8 Å². The van der Waals surface area contributed by atoms with E-state index in [1.54, 1.807) is 44.7 Å². The molecule has 3 nitrogen and oxygen atoms in total. The Labute approximate surface area is 163 Å². The van der Waals surface area contributed by atoms with Gasteiger partial charge in [-0.2, -0.15) is 13.5 Å². The van der Waals surface area contributed by atoms with Crippen molar-refractivity contribution < 1.29 is 0 Å². The Kier molecular flexibility index (Phi) is 6.04. The van der Waals surface area contributed by atoms with Crippen LogP contribution in [0.3, 0.4) is 0 Å². The molecule has 0 unspecified atom stereocenters. The highest BCUT2D eigenvalue weighted by atomic mass is 33.1. The van der Waals surface area contributed by atoms with E-state index in [0.717, 1.165) is 38.4 Å². The maximum absolute atomic E-state index is 5.99. The van der Waals surface area contributed by atoms with Gasteiger partial charge in [0.25, 0.3) is 0 Å². The van der Waals surface area contributed by atoms with Crippen LogP contribution in [0.2, 0.25) is 0 Å². The van der Waals surface area contributed by atoms with Gasteiger partial charge in [-0.25, -0.2) is 4.98 Å². The first-order chi connectivity index (χ1) is 11.3. The summed E-state index contributed by atoms with van der Waals surface area (Å²) in [6.45, 7) is 0.909. The van der Waals surface area contributed by atoms with Crippen molar-refractivity contribution >= 4 is 79.1 Å². The van der Waals surface area contributed by atoms with Crippen molar-refractivity contribution in [3.63, 3.8) is 0 Å². The summed E-state index contributed by atoms with van der Waals surface area (Å²) < 4.78 is 1.21. The summed E-state index contributed by atoms with van der Waals surface area (Å²) in [5.74, 6) is 1.07. The van der Waals surface area contributed by atoms with Crippen LogP contribution in [0.5, 0.6) is 0 Å². The number of hydrogen-bond donors (Lipinski definition) is 1. The Morgan fingerprint density at radius 2 is 1.96 bits per heavy atom. The molecule has 0 amide bonds. The molecule has 1 aromatic heterocycles. The van der Waals surface area contributed by atoms with Crippen LogP contribution in [0.15, 0.2) is 57.2 Å². The molecule has 0 saturated carbocycles. The lowest BCUT2D eigenvalue weighted by Gasteiger charge is -2.04. The number of nitrogen functional groups attached to an aromatic ring is 1. The molecule has 0 atom stereocenters. The first-order valence-electron chi connectivity index (χ1n) is 7.07. The molecule has 124 valence electrons. The zero-order valence-corrected chi connectivity index (χ0v) is 16.8. The van der Waals surface area contributed by atoms with Crippen molar-refractivity contribution in [1.82, 2.24) is 4.98 Å². The van der Waals surface area contributed by atoms with Gasteiger partial charge < -0.3 is 5.73 Å². The second-order valence-corrected chi connectivity index (χ2v) is 9.25. The van der Waals surface area contributed by atoms with E-state index < -0.39 is 0 Å². The Balaban J connectivity index is 0.00000169. The second-order valence-electron chi connectivity index (χ2n) is 4.89. The number of aromatic nitrogens is 1. The lowest BCUT2D eigenvalue weighted by molar-refractivity contribution is 1.17. The van der Waals surface area contributed by atoms with E-state index in [2.05, 4.69) is 23.2 Å². The maximum Gasteiger partial charge on any atom is 0.149 e. The molecule has 0 fully saturated rings. The van der Waals surface area contributed by atoms with E-state index in [-0.39, 0.29) is 13.5 Å². The van der Waals surface area contributed by atoms with Crippen molar-refractivity contribution in [3.05, 3.63) is 47.5 Å². The van der Waals surface area contributed by atoms with E-state index >= 15 is 0 Å². The van der Waals surface area contributed by atoms with E-state index in [0.29, 0.717) is 0 Å². The number of hydrogen-bond acceptors (Lipinski definition) is 7. The molecule has 0 spiro atoms. The van der Waals surface area contributed by atoms with Crippen LogP contribution >= 0.6 is 58.2 Å². The fourth-order valence-corrected chi connectivity index (χ4v) is 6.27. The average Bonchev–Trinajstić information content (AvgIpc) is 3.22. The normalized spacial score (nSPS) is 13.8. The van der Waals surface area contributed by atoms with Gasteiger partial charge in [-0.05, 0) is 30.3 Å². The Morgan fingerprint density at radius 3 is 2.75 bits per heavy atom. The highest BCUT2D eigenvalue weighted by Gasteiger charge is 2.15. The van der Waals surface area contributed by atoms with Gasteiger partial charge in [-0.3, -0.25) is 4.99 Å². The molecule has 4 rings (SSSR count). The first kappa shape index (κ1) is 18.0. The van der Waals surface area contributed by atoms with Crippen molar-refractivity contribution in [2.75, 3.05) is 18.0 Å². The minimum atomic E-state index is 0. The highest BCUT2D eigenvalue weighted by Crippen LogP contribution is 2.41. The fraction of sp³-hybridized carbons (Fsp3) is 0.125. The van der Waals surface area contributed by atoms with Crippen LogP contribution in [0.4, 0.5) is 5.69 Å². The number of thiazole rings is 1. The molecule has 2 heterocycles. The summed E-state index contributed by atoms with van der Waals surface area (Å²) in [4.78, 5) is 11.5. The predicted molar refractivity (Wildman–Crippen MR) is 116 cm³/mol. The zero-order valence-electron chi connectivity index (χ0n) is 12.6. The van der Waals surface area contributed by atoms with Crippen LogP contribution in [-0.4, -0.2) is 22.3 Å². The largest absolute Gasteiger partial charge is 0.398 e. The molecule has 0 saturated heterocycles. The van der Waals surface area contributed by atoms with Gasteiger partial charge >= 0.3 is 0 Å². The van der Waals surface area contributed by atoms with Gasteiger partial charge in [-0.1, -0.05) is 33.7 Å². The third-order valence-electron chi connectivity index (χ3n) is 3.28. The maximum atomic E-state index is 5.99. The smallest absolute Gasteiger partial charge is 0.149 e. The van der Waals surface area contributed by atoms with Gasteiger partial charge in [0.05, 0.1) is 10.2 Å². The molecule has 0 bridgehead atoms. The minimum Gasteiger partial charge on any atom is -0.398 e. The zero-order chi connectivity index (χ0) is 15.6. The summed E-state index contributed by atoms with van der Waals surface area (Å²) in [5, 5.41) is 2.14. The van der Waals surface area contributed by atoms with Crippen LogP contribution < -0.4 is 5.73 Å². The predicted octanol–water partition coefficient (Wildman–Crippen LogP) is 5.28. The van der Waals surface area contributed by atoms with E-state index in [9.17, 15) is 0 Å². The number of benzene rings is 2. The van der Waals surface area contributed by atoms with Crippen LogP contribution in [0, 0.1) is 0 Å². The molecule has 2 aromatic carbocycles. The van der Waals surface area contributed by atoms with E-state index in [4.69, 9.17) is 10.7 Å². The molecule has 3 aromatic rings. The Hall–Kier alpha value is -0.800. The summed E-state index contributed by atoms with van der Waals surface area (Å²) >= 11 is 3.52. The molecule has 24 heavy (non-hydrogen) atoms. The van der Waals surface area contributed by atoms with Gasteiger partial charge in [0.2, 0.25) is 0 Å². The third-order valence-corrected chi connectivity index (χ3v) is 7.86.